The van der Waals surface area contributed by atoms with Crippen molar-refractivity contribution in [1.29, 1.82) is 0 Å². The molecule has 0 radical (unpaired) electrons. The highest BCUT2D eigenvalue weighted by Gasteiger charge is 2.50. The normalized spacial score (nSPS) is 32.7. The van der Waals surface area contributed by atoms with E-state index in [4.69, 9.17) is 10.5 Å². The minimum absolute atomic E-state index is 0.0747. The summed E-state index contributed by atoms with van der Waals surface area (Å²) in [5.41, 5.74) is 7.62. The summed E-state index contributed by atoms with van der Waals surface area (Å²) in [7, 11) is 0. The van der Waals surface area contributed by atoms with Crippen LogP contribution >= 0.6 is 0 Å². The van der Waals surface area contributed by atoms with Crippen LogP contribution in [-0.2, 0) is 4.74 Å². The van der Waals surface area contributed by atoms with Gasteiger partial charge in [0.1, 0.15) is 5.82 Å². The summed E-state index contributed by atoms with van der Waals surface area (Å²) in [5.74, 6) is 0.797. The van der Waals surface area contributed by atoms with E-state index in [0.29, 0.717) is 17.4 Å². The van der Waals surface area contributed by atoms with Crippen molar-refractivity contribution in [3.63, 3.8) is 0 Å². The highest BCUT2D eigenvalue weighted by Crippen LogP contribution is 2.38. The van der Waals surface area contributed by atoms with Gasteiger partial charge in [0.2, 0.25) is 5.95 Å². The molecule has 1 saturated heterocycles. The third kappa shape index (κ3) is 1.79. The predicted molar refractivity (Wildman–Crippen MR) is 73.9 cm³/mol. The van der Waals surface area contributed by atoms with E-state index in [2.05, 4.69) is 15.3 Å². The lowest BCUT2D eigenvalue weighted by molar-refractivity contribution is -0.104. The van der Waals surface area contributed by atoms with Gasteiger partial charge < -0.3 is 20.8 Å². The molecule has 4 rings (SSSR count). The van der Waals surface area contributed by atoms with Gasteiger partial charge >= 0.3 is 0 Å². The standard InChI is InChI=1S/C14H17FN4O/c15-7-3-4-9-10(6-7)18-14(17-9)19-12-11(16)8-2-1-5-20-13(8)12/h3-4,6,8,11-13H,1-2,5,16H2,(H2,17,18,19). The van der Waals surface area contributed by atoms with E-state index in [-0.39, 0.29) is 24.0 Å². The lowest BCUT2D eigenvalue weighted by Gasteiger charge is -2.52. The summed E-state index contributed by atoms with van der Waals surface area (Å²) < 4.78 is 18.9. The van der Waals surface area contributed by atoms with Crippen LogP contribution in [0.5, 0.6) is 0 Å². The van der Waals surface area contributed by atoms with Crippen LogP contribution in [0.3, 0.4) is 0 Å². The number of imidazole rings is 1. The zero-order chi connectivity index (χ0) is 13.7. The molecule has 0 spiro atoms. The number of aromatic nitrogens is 2. The summed E-state index contributed by atoms with van der Waals surface area (Å²) in [6, 6.07) is 4.67. The number of nitrogens with two attached hydrogens (primary N) is 1. The maximum atomic E-state index is 13.2. The minimum Gasteiger partial charge on any atom is -0.376 e. The first-order valence-corrected chi connectivity index (χ1v) is 7.01. The Labute approximate surface area is 115 Å². The van der Waals surface area contributed by atoms with Crippen molar-refractivity contribution in [2.24, 2.45) is 11.7 Å². The molecule has 1 aromatic carbocycles. The lowest BCUT2D eigenvalue weighted by atomic mass is 9.69. The number of hydrogen-bond acceptors (Lipinski definition) is 4. The van der Waals surface area contributed by atoms with Crippen molar-refractivity contribution in [1.82, 2.24) is 9.97 Å². The second kappa shape index (κ2) is 4.43. The molecule has 20 heavy (non-hydrogen) atoms. The number of nitrogens with one attached hydrogen (secondary N) is 2. The summed E-state index contributed by atoms with van der Waals surface area (Å²) in [5, 5.41) is 3.30. The van der Waals surface area contributed by atoms with Crippen LogP contribution in [0.4, 0.5) is 10.3 Å². The number of ether oxygens (including phenoxy) is 1. The second-order valence-corrected chi connectivity index (χ2v) is 5.64. The topological polar surface area (TPSA) is 76.0 Å². The Morgan fingerprint density at radius 2 is 2.35 bits per heavy atom. The van der Waals surface area contributed by atoms with Crippen LogP contribution in [-0.4, -0.2) is 34.8 Å². The smallest absolute Gasteiger partial charge is 0.201 e. The fourth-order valence-electron chi connectivity index (χ4n) is 3.33. The van der Waals surface area contributed by atoms with Gasteiger partial charge in [-0.2, -0.15) is 0 Å². The van der Waals surface area contributed by atoms with Gasteiger partial charge in [0, 0.05) is 18.6 Å². The van der Waals surface area contributed by atoms with Crippen molar-refractivity contribution in [2.45, 2.75) is 31.0 Å². The van der Waals surface area contributed by atoms with Crippen molar-refractivity contribution >= 4 is 17.0 Å². The molecule has 2 aromatic rings. The first-order chi connectivity index (χ1) is 9.72. The predicted octanol–water partition coefficient (Wildman–Crippen LogP) is 1.62. The molecular weight excluding hydrogens is 259 g/mol. The molecule has 2 fully saturated rings. The number of rotatable bonds is 2. The first-order valence-electron chi connectivity index (χ1n) is 7.01. The third-order valence-electron chi connectivity index (χ3n) is 4.42. The molecule has 0 amide bonds. The van der Waals surface area contributed by atoms with E-state index in [1.807, 2.05) is 0 Å². The van der Waals surface area contributed by atoms with E-state index in [0.717, 1.165) is 25.0 Å². The number of H-pyrrole nitrogens is 1. The maximum absolute atomic E-state index is 13.2. The van der Waals surface area contributed by atoms with Crippen molar-refractivity contribution < 1.29 is 9.13 Å². The monoisotopic (exact) mass is 276 g/mol. The number of hydrogen-bond donors (Lipinski definition) is 3. The van der Waals surface area contributed by atoms with E-state index in [1.54, 1.807) is 6.07 Å². The molecule has 4 N–H and O–H groups in total. The average molecular weight is 276 g/mol. The molecule has 1 aliphatic carbocycles. The number of aromatic amines is 1. The number of halogens is 1. The Balaban J connectivity index is 1.55. The van der Waals surface area contributed by atoms with Crippen LogP contribution < -0.4 is 11.1 Å². The second-order valence-electron chi connectivity index (χ2n) is 5.64. The van der Waals surface area contributed by atoms with Gasteiger partial charge in [-0.25, -0.2) is 9.37 Å². The van der Waals surface area contributed by atoms with Crippen LogP contribution in [0, 0.1) is 11.7 Å². The molecule has 1 aliphatic heterocycles. The van der Waals surface area contributed by atoms with Gasteiger partial charge in [0.05, 0.1) is 23.2 Å². The molecule has 5 nitrogen and oxygen atoms in total. The summed E-state index contributed by atoms with van der Waals surface area (Å²) in [4.78, 5) is 7.48. The van der Waals surface area contributed by atoms with Gasteiger partial charge in [0.15, 0.2) is 0 Å². The van der Waals surface area contributed by atoms with Crippen LogP contribution in [0.1, 0.15) is 12.8 Å². The molecule has 0 bridgehead atoms. The molecular formula is C14H17FN4O. The Kier molecular flexibility index (Phi) is 2.68. The molecule has 4 atom stereocenters. The lowest BCUT2D eigenvalue weighted by Crippen LogP contribution is -2.69. The van der Waals surface area contributed by atoms with E-state index >= 15 is 0 Å². The number of anilines is 1. The number of nitrogens with zero attached hydrogens (tertiary/aromatic N) is 1. The van der Waals surface area contributed by atoms with Gasteiger partial charge in [-0.05, 0) is 31.0 Å². The SMILES string of the molecule is NC1C2CCCOC2C1Nc1nc2ccc(F)cc2[nH]1. The molecule has 2 heterocycles. The fraction of sp³-hybridized carbons (Fsp3) is 0.500. The highest BCUT2D eigenvalue weighted by atomic mass is 19.1. The molecule has 1 aromatic heterocycles. The average Bonchev–Trinajstić information content (AvgIpc) is 2.86. The summed E-state index contributed by atoms with van der Waals surface area (Å²) in [6.45, 7) is 0.803. The van der Waals surface area contributed by atoms with Crippen molar-refractivity contribution in [2.75, 3.05) is 11.9 Å². The Morgan fingerprint density at radius 1 is 1.45 bits per heavy atom. The Morgan fingerprint density at radius 3 is 3.25 bits per heavy atom. The molecule has 106 valence electrons. The molecule has 1 saturated carbocycles. The number of benzene rings is 1. The van der Waals surface area contributed by atoms with Gasteiger partial charge in [0.25, 0.3) is 0 Å². The number of fused-ring (bicyclic) bond motifs is 2. The maximum Gasteiger partial charge on any atom is 0.201 e. The molecule has 4 unspecified atom stereocenters. The highest BCUT2D eigenvalue weighted by molar-refractivity contribution is 5.77. The van der Waals surface area contributed by atoms with Gasteiger partial charge in [-0.15, -0.1) is 0 Å². The Bertz CT molecular complexity index is 643. The van der Waals surface area contributed by atoms with Crippen LogP contribution in [0.2, 0.25) is 0 Å². The van der Waals surface area contributed by atoms with Crippen LogP contribution in [0.15, 0.2) is 18.2 Å². The zero-order valence-electron chi connectivity index (χ0n) is 11.0. The molecule has 6 heteroatoms. The summed E-state index contributed by atoms with van der Waals surface area (Å²) >= 11 is 0. The Hall–Kier alpha value is -1.66. The first kappa shape index (κ1) is 12.1. The molecule has 2 aliphatic rings. The fourth-order valence-corrected chi connectivity index (χ4v) is 3.33. The van der Waals surface area contributed by atoms with Crippen molar-refractivity contribution in [3.05, 3.63) is 24.0 Å². The van der Waals surface area contributed by atoms with Gasteiger partial charge in [-0.1, -0.05) is 0 Å². The van der Waals surface area contributed by atoms with E-state index < -0.39 is 0 Å². The van der Waals surface area contributed by atoms with Gasteiger partial charge in [-0.3, -0.25) is 0 Å². The largest absolute Gasteiger partial charge is 0.376 e. The third-order valence-corrected chi connectivity index (χ3v) is 4.42. The van der Waals surface area contributed by atoms with E-state index in [1.165, 1.54) is 12.1 Å². The van der Waals surface area contributed by atoms with Crippen LogP contribution in [0.25, 0.3) is 11.0 Å². The van der Waals surface area contributed by atoms with Crippen molar-refractivity contribution in [3.8, 4) is 0 Å². The zero-order valence-corrected chi connectivity index (χ0v) is 11.0. The quantitative estimate of drug-likeness (QED) is 0.779. The summed E-state index contributed by atoms with van der Waals surface area (Å²) in [6.07, 6.45) is 2.39. The van der Waals surface area contributed by atoms with E-state index in [9.17, 15) is 4.39 Å². The minimum atomic E-state index is -0.274.